The molecule has 3 aromatic carbocycles. The molecule has 0 unspecified atom stereocenters. The highest BCUT2D eigenvalue weighted by Gasteiger charge is 2.43. The van der Waals surface area contributed by atoms with Gasteiger partial charge in [-0.1, -0.05) is 42.5 Å². The van der Waals surface area contributed by atoms with Crippen molar-refractivity contribution in [3.8, 4) is 5.75 Å². The van der Waals surface area contributed by atoms with Crippen molar-refractivity contribution in [2.75, 3.05) is 19.0 Å². The Morgan fingerprint density at radius 1 is 0.973 bits per heavy atom. The maximum atomic E-state index is 13.1. The highest BCUT2D eigenvalue weighted by molar-refractivity contribution is 6.22. The number of fused-ring (bicyclic) bond motifs is 1. The maximum Gasteiger partial charge on any atom is 0.330 e. The van der Waals surface area contributed by atoms with Crippen LogP contribution >= 0.6 is 0 Å². The molecule has 0 bridgehead atoms. The Morgan fingerprint density at radius 3 is 2.19 bits per heavy atom. The minimum atomic E-state index is -1.34. The molecule has 37 heavy (non-hydrogen) atoms. The topological polar surface area (TPSA) is 145 Å². The number of methoxy groups -OCH3 is 1. The SMILES string of the molecule is COc1ccc([N+](=O)[O-])c(NC(=O)COC(=O)[C@@H](Cc2ccccc2)N2C(=O)c3ccccc3C2=O)c1. The van der Waals surface area contributed by atoms with Crippen molar-refractivity contribution in [1.82, 2.24) is 4.90 Å². The number of amides is 3. The van der Waals surface area contributed by atoms with Gasteiger partial charge in [-0.2, -0.15) is 0 Å². The van der Waals surface area contributed by atoms with E-state index in [0.29, 0.717) is 5.56 Å². The summed E-state index contributed by atoms with van der Waals surface area (Å²) in [7, 11) is 1.36. The Labute approximate surface area is 210 Å². The molecular weight excluding hydrogens is 482 g/mol. The Hall–Kier alpha value is -5.06. The minimum absolute atomic E-state index is 0.0336. The second kappa shape index (κ2) is 10.7. The van der Waals surface area contributed by atoms with Crippen molar-refractivity contribution in [3.63, 3.8) is 0 Å². The molecule has 188 valence electrons. The second-order valence-corrected chi connectivity index (χ2v) is 8.03. The zero-order valence-corrected chi connectivity index (χ0v) is 19.6. The molecule has 0 saturated heterocycles. The molecule has 1 aliphatic heterocycles. The number of anilines is 1. The molecule has 11 heteroatoms. The van der Waals surface area contributed by atoms with Crippen LogP contribution in [0, 0.1) is 10.1 Å². The van der Waals surface area contributed by atoms with Crippen LogP contribution in [0.15, 0.2) is 72.8 Å². The van der Waals surface area contributed by atoms with E-state index in [1.54, 1.807) is 42.5 Å². The van der Waals surface area contributed by atoms with E-state index >= 15 is 0 Å². The van der Waals surface area contributed by atoms with Crippen LogP contribution in [0.4, 0.5) is 11.4 Å². The van der Waals surface area contributed by atoms with Crippen LogP contribution in [0.1, 0.15) is 26.3 Å². The van der Waals surface area contributed by atoms with Gasteiger partial charge in [-0.05, 0) is 23.8 Å². The molecule has 0 spiro atoms. The standard InChI is InChI=1S/C26H21N3O8/c1-36-17-11-12-21(29(34)35)20(14-17)27-23(30)15-37-26(33)22(13-16-7-3-2-4-8-16)28-24(31)18-9-5-6-10-19(18)25(28)32/h2-12,14,22H,13,15H2,1H3,(H,27,30)/t22-/m1/s1. The van der Waals surface area contributed by atoms with Gasteiger partial charge in [0.1, 0.15) is 17.5 Å². The number of ether oxygens (including phenoxy) is 2. The number of nitrogens with zero attached hydrogens (tertiary/aromatic N) is 2. The van der Waals surface area contributed by atoms with E-state index in [-0.39, 0.29) is 34.7 Å². The van der Waals surface area contributed by atoms with Crippen LogP contribution in [0.25, 0.3) is 0 Å². The Kier molecular flexibility index (Phi) is 7.23. The van der Waals surface area contributed by atoms with E-state index in [0.717, 1.165) is 4.90 Å². The molecule has 11 nitrogen and oxygen atoms in total. The molecule has 1 N–H and O–H groups in total. The molecule has 3 aromatic rings. The van der Waals surface area contributed by atoms with Crippen molar-refractivity contribution < 1.29 is 33.6 Å². The van der Waals surface area contributed by atoms with Crippen LogP contribution in [-0.2, 0) is 20.7 Å². The number of hydrogen-bond acceptors (Lipinski definition) is 8. The summed E-state index contributed by atoms with van der Waals surface area (Å²) in [5.74, 6) is -2.85. The van der Waals surface area contributed by atoms with Gasteiger partial charge in [0.25, 0.3) is 23.4 Å². The summed E-state index contributed by atoms with van der Waals surface area (Å²) in [4.78, 5) is 63.1. The monoisotopic (exact) mass is 503 g/mol. The van der Waals surface area contributed by atoms with Crippen LogP contribution in [-0.4, -0.2) is 53.3 Å². The average Bonchev–Trinajstić information content (AvgIpc) is 3.16. The fourth-order valence-corrected chi connectivity index (χ4v) is 3.93. The summed E-state index contributed by atoms with van der Waals surface area (Å²) in [5.41, 5.74) is 0.473. The zero-order chi connectivity index (χ0) is 26.5. The Bertz CT molecular complexity index is 1350. The molecule has 0 saturated carbocycles. The van der Waals surface area contributed by atoms with Crippen molar-refractivity contribution in [1.29, 1.82) is 0 Å². The number of benzene rings is 3. The Balaban J connectivity index is 1.52. The summed E-state index contributed by atoms with van der Waals surface area (Å²) in [6, 6.07) is 17.4. The molecule has 0 radical (unpaired) electrons. The quantitative estimate of drug-likeness (QED) is 0.203. The van der Waals surface area contributed by atoms with E-state index < -0.39 is 41.3 Å². The lowest BCUT2D eigenvalue weighted by Gasteiger charge is -2.24. The maximum absolute atomic E-state index is 13.1. The van der Waals surface area contributed by atoms with Gasteiger partial charge in [-0.15, -0.1) is 0 Å². The number of carbonyl (C=O) groups excluding carboxylic acids is 4. The summed E-state index contributed by atoms with van der Waals surface area (Å²) in [6.45, 7) is -0.804. The predicted octanol–water partition coefficient (Wildman–Crippen LogP) is 2.99. The first-order valence-corrected chi connectivity index (χ1v) is 11.1. The summed E-state index contributed by atoms with van der Waals surface area (Å²) < 4.78 is 10.2. The highest BCUT2D eigenvalue weighted by atomic mass is 16.6. The van der Waals surface area contributed by atoms with Crippen LogP contribution < -0.4 is 10.1 Å². The van der Waals surface area contributed by atoms with E-state index in [4.69, 9.17) is 9.47 Å². The lowest BCUT2D eigenvalue weighted by molar-refractivity contribution is -0.383. The number of rotatable bonds is 9. The molecular formula is C26H21N3O8. The van der Waals surface area contributed by atoms with Gasteiger partial charge in [0.05, 0.1) is 23.2 Å². The van der Waals surface area contributed by atoms with Crippen molar-refractivity contribution in [2.45, 2.75) is 12.5 Å². The summed E-state index contributed by atoms with van der Waals surface area (Å²) in [5, 5.41) is 13.6. The predicted molar refractivity (Wildman–Crippen MR) is 130 cm³/mol. The van der Waals surface area contributed by atoms with Gasteiger partial charge < -0.3 is 14.8 Å². The van der Waals surface area contributed by atoms with E-state index in [1.807, 2.05) is 0 Å². The molecule has 1 atom stereocenters. The van der Waals surface area contributed by atoms with Gasteiger partial charge in [-0.3, -0.25) is 29.4 Å². The Morgan fingerprint density at radius 2 is 1.59 bits per heavy atom. The molecule has 0 fully saturated rings. The number of hydrogen-bond donors (Lipinski definition) is 1. The molecule has 4 rings (SSSR count). The third-order valence-corrected chi connectivity index (χ3v) is 5.70. The molecule has 3 amide bonds. The van der Waals surface area contributed by atoms with E-state index in [2.05, 4.69) is 5.32 Å². The third kappa shape index (κ3) is 5.30. The average molecular weight is 503 g/mol. The van der Waals surface area contributed by atoms with Crippen molar-refractivity contribution in [3.05, 3.63) is 99.6 Å². The van der Waals surface area contributed by atoms with Gasteiger partial charge in [0, 0.05) is 18.6 Å². The van der Waals surface area contributed by atoms with Crippen LogP contribution in [0.5, 0.6) is 5.75 Å². The van der Waals surface area contributed by atoms with E-state index in [1.165, 1.54) is 37.4 Å². The normalized spacial score (nSPS) is 13.1. The fourth-order valence-electron chi connectivity index (χ4n) is 3.93. The lowest BCUT2D eigenvalue weighted by Crippen LogP contribution is -2.47. The fraction of sp³-hybridized carbons (Fsp3) is 0.154. The zero-order valence-electron chi connectivity index (χ0n) is 19.6. The number of nitro groups is 1. The van der Waals surface area contributed by atoms with Crippen molar-refractivity contribution in [2.24, 2.45) is 0 Å². The van der Waals surface area contributed by atoms with Gasteiger partial charge >= 0.3 is 5.97 Å². The number of carbonyl (C=O) groups is 4. The van der Waals surface area contributed by atoms with Gasteiger partial charge in [0.15, 0.2) is 6.61 Å². The molecule has 1 heterocycles. The first kappa shape index (κ1) is 25.0. The number of nitro benzene ring substituents is 1. The van der Waals surface area contributed by atoms with Crippen molar-refractivity contribution >= 4 is 35.1 Å². The summed E-state index contributed by atoms with van der Waals surface area (Å²) in [6.07, 6.45) is -0.0336. The molecule has 0 aliphatic carbocycles. The highest BCUT2D eigenvalue weighted by Crippen LogP contribution is 2.29. The largest absolute Gasteiger partial charge is 0.497 e. The smallest absolute Gasteiger partial charge is 0.330 e. The number of nitrogens with one attached hydrogen (secondary N) is 1. The van der Waals surface area contributed by atoms with Crippen LogP contribution in [0.2, 0.25) is 0 Å². The summed E-state index contributed by atoms with van der Waals surface area (Å²) >= 11 is 0. The lowest BCUT2D eigenvalue weighted by atomic mass is 10.0. The second-order valence-electron chi connectivity index (χ2n) is 8.03. The van der Waals surface area contributed by atoms with Gasteiger partial charge in [-0.25, -0.2) is 4.79 Å². The van der Waals surface area contributed by atoms with Crippen LogP contribution in [0.3, 0.4) is 0 Å². The van der Waals surface area contributed by atoms with Gasteiger partial charge in [0.2, 0.25) is 0 Å². The first-order valence-electron chi connectivity index (χ1n) is 11.1. The molecule has 0 aromatic heterocycles. The number of imide groups is 1. The molecule has 1 aliphatic rings. The first-order chi connectivity index (χ1) is 17.8. The van der Waals surface area contributed by atoms with E-state index in [9.17, 15) is 29.3 Å². The minimum Gasteiger partial charge on any atom is -0.497 e. The number of esters is 1. The third-order valence-electron chi connectivity index (χ3n) is 5.70.